The summed E-state index contributed by atoms with van der Waals surface area (Å²) in [5.74, 6) is -1.36. The average Bonchev–Trinajstić information content (AvgIpc) is 2.40. The van der Waals surface area contributed by atoms with Gasteiger partial charge in [-0.1, -0.05) is 6.07 Å². The molecule has 0 aliphatic rings. The van der Waals surface area contributed by atoms with Crippen LogP contribution in [0.4, 0.5) is 14.5 Å². The van der Waals surface area contributed by atoms with Gasteiger partial charge < -0.3 is 0 Å². The van der Waals surface area contributed by atoms with Gasteiger partial charge in [0.1, 0.15) is 17.7 Å². The Balaban J connectivity index is 2.42. The second-order valence-electron chi connectivity index (χ2n) is 3.86. The first-order valence-corrected chi connectivity index (χ1v) is 6.89. The largest absolute Gasteiger partial charge is 0.278 e. The molecule has 0 radical (unpaired) electrons. The number of rotatable bonds is 3. The van der Waals surface area contributed by atoms with Crippen LogP contribution in [-0.2, 0) is 10.0 Å². The van der Waals surface area contributed by atoms with Gasteiger partial charge in [0, 0.05) is 0 Å². The highest BCUT2D eigenvalue weighted by atomic mass is 32.2. The molecule has 2 rings (SSSR count). The molecule has 7 heteroatoms. The van der Waals surface area contributed by atoms with Crippen LogP contribution in [0.25, 0.3) is 0 Å². The normalized spacial score (nSPS) is 10.8. The van der Waals surface area contributed by atoms with Crippen molar-refractivity contribution in [2.24, 2.45) is 0 Å². The lowest BCUT2D eigenvalue weighted by molar-refractivity contribution is 0.595. The van der Waals surface area contributed by atoms with E-state index in [9.17, 15) is 17.2 Å². The first-order chi connectivity index (χ1) is 9.42. The molecule has 2 aromatic carbocycles. The van der Waals surface area contributed by atoms with Crippen LogP contribution in [0.5, 0.6) is 0 Å². The molecule has 20 heavy (non-hydrogen) atoms. The fourth-order valence-electron chi connectivity index (χ4n) is 1.54. The fourth-order valence-corrected chi connectivity index (χ4v) is 2.65. The van der Waals surface area contributed by atoms with E-state index in [0.29, 0.717) is 0 Å². The van der Waals surface area contributed by atoms with Gasteiger partial charge in [0.2, 0.25) is 0 Å². The van der Waals surface area contributed by atoms with Gasteiger partial charge in [-0.25, -0.2) is 17.2 Å². The molecule has 0 aliphatic carbocycles. The summed E-state index contributed by atoms with van der Waals surface area (Å²) in [6.45, 7) is 0. The summed E-state index contributed by atoms with van der Waals surface area (Å²) in [6, 6.07) is 9.15. The van der Waals surface area contributed by atoms with Crippen LogP contribution < -0.4 is 4.72 Å². The van der Waals surface area contributed by atoms with E-state index in [0.717, 1.165) is 30.3 Å². The monoisotopic (exact) mass is 294 g/mol. The van der Waals surface area contributed by atoms with Crippen molar-refractivity contribution < 1.29 is 17.2 Å². The maximum Gasteiger partial charge on any atom is 0.262 e. The molecule has 0 atom stereocenters. The van der Waals surface area contributed by atoms with Crippen LogP contribution >= 0.6 is 0 Å². The Morgan fingerprint density at radius 1 is 1.05 bits per heavy atom. The fraction of sp³-hybridized carbons (Fsp3) is 0. The van der Waals surface area contributed by atoms with Gasteiger partial charge in [-0.2, -0.15) is 5.26 Å². The molecular weight excluding hydrogens is 286 g/mol. The minimum atomic E-state index is -4.04. The summed E-state index contributed by atoms with van der Waals surface area (Å²) in [4.78, 5) is -0.286. The number of hydrogen-bond acceptors (Lipinski definition) is 3. The zero-order valence-electron chi connectivity index (χ0n) is 9.97. The van der Waals surface area contributed by atoms with Crippen LogP contribution in [0.3, 0.4) is 0 Å². The second-order valence-corrected chi connectivity index (χ2v) is 5.55. The lowest BCUT2D eigenvalue weighted by atomic mass is 10.2. The van der Waals surface area contributed by atoms with Gasteiger partial charge in [0.15, 0.2) is 0 Å². The van der Waals surface area contributed by atoms with Gasteiger partial charge in [0.25, 0.3) is 10.0 Å². The topological polar surface area (TPSA) is 70.0 Å². The summed E-state index contributed by atoms with van der Waals surface area (Å²) >= 11 is 0. The van der Waals surface area contributed by atoms with E-state index in [-0.39, 0.29) is 16.1 Å². The van der Waals surface area contributed by atoms with Crippen molar-refractivity contribution in [1.82, 2.24) is 0 Å². The van der Waals surface area contributed by atoms with E-state index in [1.54, 1.807) is 6.07 Å². The Labute approximate surface area is 114 Å². The van der Waals surface area contributed by atoms with Crippen LogP contribution in [0.1, 0.15) is 5.56 Å². The van der Waals surface area contributed by atoms with E-state index in [1.807, 2.05) is 0 Å². The molecular formula is C13H8F2N2O2S. The van der Waals surface area contributed by atoms with Crippen LogP contribution in [0.2, 0.25) is 0 Å². The Hall–Kier alpha value is -2.46. The predicted octanol–water partition coefficient (Wildman–Crippen LogP) is 2.64. The lowest BCUT2D eigenvalue weighted by Crippen LogP contribution is -2.14. The molecule has 0 unspecified atom stereocenters. The molecule has 0 saturated carbocycles. The number of nitriles is 1. The number of hydrogen-bond donors (Lipinski definition) is 1. The predicted molar refractivity (Wildman–Crippen MR) is 68.3 cm³/mol. The quantitative estimate of drug-likeness (QED) is 0.946. The number of benzene rings is 2. The van der Waals surface area contributed by atoms with E-state index < -0.39 is 21.7 Å². The van der Waals surface area contributed by atoms with Gasteiger partial charge >= 0.3 is 0 Å². The number of anilines is 1. The Kier molecular flexibility index (Phi) is 3.68. The lowest BCUT2D eigenvalue weighted by Gasteiger charge is -2.09. The van der Waals surface area contributed by atoms with E-state index in [1.165, 1.54) is 12.1 Å². The maximum absolute atomic E-state index is 13.0. The summed E-state index contributed by atoms with van der Waals surface area (Å²) in [5.41, 5.74) is -0.233. The molecule has 1 N–H and O–H groups in total. The second kappa shape index (κ2) is 5.27. The molecule has 0 fully saturated rings. The number of nitrogens with one attached hydrogen (secondary N) is 1. The van der Waals surface area contributed by atoms with Crippen molar-refractivity contribution in [2.75, 3.05) is 4.72 Å². The van der Waals surface area contributed by atoms with Gasteiger partial charge in [-0.3, -0.25) is 4.72 Å². The molecule has 0 aromatic heterocycles. The van der Waals surface area contributed by atoms with E-state index >= 15 is 0 Å². The van der Waals surface area contributed by atoms with Crippen LogP contribution in [-0.4, -0.2) is 8.42 Å². The van der Waals surface area contributed by atoms with Crippen molar-refractivity contribution in [3.8, 4) is 6.07 Å². The van der Waals surface area contributed by atoms with Crippen molar-refractivity contribution in [3.05, 3.63) is 59.7 Å². The molecule has 0 amide bonds. The minimum Gasteiger partial charge on any atom is -0.278 e. The van der Waals surface area contributed by atoms with Crippen LogP contribution in [0.15, 0.2) is 47.4 Å². The van der Waals surface area contributed by atoms with Gasteiger partial charge in [-0.15, -0.1) is 0 Å². The first-order valence-electron chi connectivity index (χ1n) is 5.40. The first kappa shape index (κ1) is 14.0. The number of sulfonamides is 1. The summed E-state index contributed by atoms with van der Waals surface area (Å²) < 4.78 is 52.2. The molecule has 0 spiro atoms. The maximum atomic E-state index is 13.0. The van der Waals surface area contributed by atoms with Crippen molar-refractivity contribution in [2.45, 2.75) is 4.90 Å². The van der Waals surface area contributed by atoms with Crippen molar-refractivity contribution >= 4 is 15.7 Å². The van der Waals surface area contributed by atoms with Crippen molar-refractivity contribution in [1.29, 1.82) is 5.26 Å². The summed E-state index contributed by atoms with van der Waals surface area (Å²) in [7, 11) is -4.04. The minimum absolute atomic E-state index is 0.0711. The van der Waals surface area contributed by atoms with E-state index in [4.69, 9.17) is 5.26 Å². The Bertz CT molecular complexity index is 798. The zero-order chi connectivity index (χ0) is 14.8. The Morgan fingerprint density at radius 2 is 1.75 bits per heavy atom. The highest BCUT2D eigenvalue weighted by molar-refractivity contribution is 7.92. The van der Waals surface area contributed by atoms with E-state index in [2.05, 4.69) is 4.72 Å². The highest BCUT2D eigenvalue weighted by Gasteiger charge is 2.17. The highest BCUT2D eigenvalue weighted by Crippen LogP contribution is 2.21. The van der Waals surface area contributed by atoms with Gasteiger partial charge in [0.05, 0.1) is 16.1 Å². The average molecular weight is 294 g/mol. The SMILES string of the molecule is N#Cc1cc(F)ccc1NS(=O)(=O)c1cccc(F)c1. The number of halogens is 2. The third-order valence-electron chi connectivity index (χ3n) is 2.45. The van der Waals surface area contributed by atoms with Gasteiger partial charge in [-0.05, 0) is 36.4 Å². The third kappa shape index (κ3) is 2.92. The molecule has 0 bridgehead atoms. The molecule has 0 saturated heterocycles. The zero-order valence-corrected chi connectivity index (χ0v) is 10.8. The molecule has 0 heterocycles. The standard InChI is InChI=1S/C13H8F2N2O2S/c14-10-2-1-3-12(7-10)20(18,19)17-13-5-4-11(15)6-9(13)8-16/h1-7,17H. The number of nitrogens with zero attached hydrogens (tertiary/aromatic N) is 1. The Morgan fingerprint density at radius 3 is 2.40 bits per heavy atom. The summed E-state index contributed by atoms with van der Waals surface area (Å²) in [6.07, 6.45) is 0. The molecule has 102 valence electrons. The van der Waals surface area contributed by atoms with Crippen LogP contribution in [0, 0.1) is 23.0 Å². The molecule has 4 nitrogen and oxygen atoms in total. The summed E-state index contributed by atoms with van der Waals surface area (Å²) in [5, 5.41) is 8.84. The third-order valence-corrected chi connectivity index (χ3v) is 3.82. The van der Waals surface area contributed by atoms with Crippen molar-refractivity contribution in [3.63, 3.8) is 0 Å². The smallest absolute Gasteiger partial charge is 0.262 e. The molecule has 0 aliphatic heterocycles. The molecule has 2 aromatic rings.